The van der Waals surface area contributed by atoms with E-state index in [1.165, 1.54) is 0 Å². The summed E-state index contributed by atoms with van der Waals surface area (Å²) < 4.78 is 0. The Morgan fingerprint density at radius 2 is 1.41 bits per heavy atom. The topological polar surface area (TPSA) is 74.1 Å². The van der Waals surface area contributed by atoms with Crippen LogP contribution in [-0.4, -0.2) is 25.9 Å². The fourth-order valence-corrected chi connectivity index (χ4v) is 2.15. The molecule has 3 rings (SSSR count). The zero-order valence-corrected chi connectivity index (χ0v) is 12.2. The van der Waals surface area contributed by atoms with Gasteiger partial charge in [0.05, 0.1) is 22.5 Å². The van der Waals surface area contributed by atoms with Gasteiger partial charge < -0.3 is 4.90 Å². The molecular weight excluding hydrogens is 280 g/mol. The van der Waals surface area contributed by atoms with Gasteiger partial charge in [-0.25, -0.2) is 0 Å². The number of hydrogen-bond acceptors (Lipinski definition) is 5. The molecule has 1 aliphatic heterocycles. The third-order valence-electron chi connectivity index (χ3n) is 3.37. The second-order valence-electron chi connectivity index (χ2n) is 5.12. The Morgan fingerprint density at radius 3 is 2.09 bits per heavy atom. The molecule has 0 fully saturated rings. The van der Waals surface area contributed by atoms with Crippen LogP contribution in [0.3, 0.4) is 0 Å². The number of amides is 2. The van der Waals surface area contributed by atoms with Crippen LogP contribution in [0.15, 0.2) is 52.7 Å². The molecule has 1 aliphatic rings. The van der Waals surface area contributed by atoms with Gasteiger partial charge in [-0.05, 0) is 42.5 Å². The molecule has 0 saturated carbocycles. The lowest BCUT2D eigenvalue weighted by Crippen LogP contribution is -2.19. The SMILES string of the molecule is CN(C)c1ccc(N=Nc2ccc3c(c2)C(=O)NC3=O)cc1. The van der Waals surface area contributed by atoms with Gasteiger partial charge in [0.15, 0.2) is 0 Å². The minimum absolute atomic E-state index is 0.337. The van der Waals surface area contributed by atoms with Crippen molar-refractivity contribution in [2.24, 2.45) is 10.2 Å². The fraction of sp³-hybridized carbons (Fsp3) is 0.125. The molecule has 2 aromatic rings. The normalized spacial score (nSPS) is 13.4. The highest BCUT2D eigenvalue weighted by Gasteiger charge is 2.26. The van der Waals surface area contributed by atoms with Gasteiger partial charge >= 0.3 is 0 Å². The predicted molar refractivity (Wildman–Crippen MR) is 83.2 cm³/mol. The molecule has 0 spiro atoms. The molecule has 6 nitrogen and oxygen atoms in total. The number of azo groups is 1. The molecule has 1 N–H and O–H groups in total. The van der Waals surface area contributed by atoms with E-state index < -0.39 is 5.91 Å². The number of fused-ring (bicyclic) bond motifs is 1. The number of nitrogens with zero attached hydrogens (tertiary/aromatic N) is 3. The lowest BCUT2D eigenvalue weighted by atomic mass is 10.1. The van der Waals surface area contributed by atoms with Crippen molar-refractivity contribution in [2.45, 2.75) is 0 Å². The Labute approximate surface area is 127 Å². The van der Waals surface area contributed by atoms with Crippen LogP contribution in [-0.2, 0) is 0 Å². The molecule has 0 unspecified atom stereocenters. The van der Waals surface area contributed by atoms with Gasteiger partial charge in [0.25, 0.3) is 11.8 Å². The Kier molecular flexibility index (Phi) is 3.42. The average molecular weight is 294 g/mol. The van der Waals surface area contributed by atoms with E-state index in [0.717, 1.165) is 5.69 Å². The van der Waals surface area contributed by atoms with Gasteiger partial charge in [-0.15, -0.1) is 0 Å². The second-order valence-corrected chi connectivity index (χ2v) is 5.12. The van der Waals surface area contributed by atoms with E-state index in [-0.39, 0.29) is 5.91 Å². The van der Waals surface area contributed by atoms with Crippen LogP contribution in [0.2, 0.25) is 0 Å². The van der Waals surface area contributed by atoms with E-state index in [1.807, 2.05) is 43.3 Å². The first kappa shape index (κ1) is 13.9. The Morgan fingerprint density at radius 1 is 0.818 bits per heavy atom. The third kappa shape index (κ3) is 2.58. The van der Waals surface area contributed by atoms with Crippen LogP contribution in [0, 0.1) is 0 Å². The zero-order valence-electron chi connectivity index (χ0n) is 12.2. The maximum atomic E-state index is 11.6. The number of imide groups is 1. The van der Waals surface area contributed by atoms with E-state index in [2.05, 4.69) is 15.5 Å². The van der Waals surface area contributed by atoms with Crippen molar-refractivity contribution in [2.75, 3.05) is 19.0 Å². The van der Waals surface area contributed by atoms with E-state index in [0.29, 0.717) is 22.5 Å². The summed E-state index contributed by atoms with van der Waals surface area (Å²) in [5, 5.41) is 10.5. The van der Waals surface area contributed by atoms with Crippen LogP contribution in [0.1, 0.15) is 20.7 Å². The first-order valence-corrected chi connectivity index (χ1v) is 6.73. The minimum atomic E-state index is -0.396. The average Bonchev–Trinajstić information content (AvgIpc) is 2.80. The molecule has 1 heterocycles. The summed E-state index contributed by atoms with van der Waals surface area (Å²) in [6.45, 7) is 0. The molecule has 2 aromatic carbocycles. The zero-order chi connectivity index (χ0) is 15.7. The molecule has 0 atom stereocenters. The minimum Gasteiger partial charge on any atom is -0.378 e. The van der Waals surface area contributed by atoms with Gasteiger partial charge in [-0.2, -0.15) is 10.2 Å². The number of rotatable bonds is 3. The first-order valence-electron chi connectivity index (χ1n) is 6.73. The van der Waals surface area contributed by atoms with Crippen molar-refractivity contribution in [3.63, 3.8) is 0 Å². The van der Waals surface area contributed by atoms with Crippen LogP contribution in [0.5, 0.6) is 0 Å². The molecule has 0 radical (unpaired) electrons. The van der Waals surface area contributed by atoms with Gasteiger partial charge in [0.2, 0.25) is 0 Å². The monoisotopic (exact) mass is 294 g/mol. The number of carbonyl (C=O) groups is 2. The molecule has 0 saturated heterocycles. The Hall–Kier alpha value is -3.02. The van der Waals surface area contributed by atoms with Crippen LogP contribution < -0.4 is 10.2 Å². The van der Waals surface area contributed by atoms with Crippen molar-refractivity contribution in [3.05, 3.63) is 53.6 Å². The Bertz CT molecular complexity index is 779. The highest BCUT2D eigenvalue weighted by atomic mass is 16.2. The summed E-state index contributed by atoms with van der Waals surface area (Å²) in [5.74, 6) is -0.768. The van der Waals surface area contributed by atoms with Gasteiger partial charge in [-0.1, -0.05) is 0 Å². The lowest BCUT2D eigenvalue weighted by Gasteiger charge is -2.11. The lowest BCUT2D eigenvalue weighted by molar-refractivity contribution is 0.0879. The number of benzene rings is 2. The largest absolute Gasteiger partial charge is 0.378 e. The predicted octanol–water partition coefficient (Wildman–Crippen LogP) is 3.05. The second kappa shape index (κ2) is 5.40. The summed E-state index contributed by atoms with van der Waals surface area (Å²) in [6, 6.07) is 12.4. The summed E-state index contributed by atoms with van der Waals surface area (Å²) >= 11 is 0. The van der Waals surface area contributed by atoms with Crippen molar-refractivity contribution in [1.82, 2.24) is 5.32 Å². The molecule has 0 aromatic heterocycles. The number of carbonyl (C=O) groups excluding carboxylic acids is 2. The van der Waals surface area contributed by atoms with Crippen molar-refractivity contribution in [1.29, 1.82) is 0 Å². The molecule has 22 heavy (non-hydrogen) atoms. The van der Waals surface area contributed by atoms with E-state index >= 15 is 0 Å². The maximum Gasteiger partial charge on any atom is 0.259 e. The van der Waals surface area contributed by atoms with E-state index in [1.54, 1.807) is 18.2 Å². The summed E-state index contributed by atoms with van der Waals surface area (Å²) in [4.78, 5) is 25.1. The molecule has 110 valence electrons. The number of hydrogen-bond donors (Lipinski definition) is 1. The standard InChI is InChI=1S/C16H14N4O2/c1-20(2)12-6-3-10(4-7-12)18-19-11-5-8-13-14(9-11)16(22)17-15(13)21/h3-9H,1-2H3,(H,17,21,22). The smallest absolute Gasteiger partial charge is 0.259 e. The quantitative estimate of drug-likeness (QED) is 0.698. The summed E-state index contributed by atoms with van der Waals surface area (Å²) in [6.07, 6.45) is 0. The molecule has 2 amide bonds. The molecule has 0 aliphatic carbocycles. The maximum absolute atomic E-state index is 11.6. The van der Waals surface area contributed by atoms with Gasteiger partial charge in [0.1, 0.15) is 0 Å². The molecular formula is C16H14N4O2. The van der Waals surface area contributed by atoms with Crippen LogP contribution in [0.25, 0.3) is 0 Å². The molecule has 0 bridgehead atoms. The number of nitrogens with one attached hydrogen (secondary N) is 1. The van der Waals surface area contributed by atoms with Crippen molar-refractivity contribution < 1.29 is 9.59 Å². The van der Waals surface area contributed by atoms with E-state index in [9.17, 15) is 9.59 Å². The summed E-state index contributed by atoms with van der Waals surface area (Å²) in [7, 11) is 3.93. The highest BCUT2D eigenvalue weighted by molar-refractivity contribution is 6.21. The van der Waals surface area contributed by atoms with Gasteiger partial charge in [-0.3, -0.25) is 14.9 Å². The Balaban J connectivity index is 1.83. The highest BCUT2D eigenvalue weighted by Crippen LogP contribution is 2.25. The fourth-order valence-electron chi connectivity index (χ4n) is 2.15. The van der Waals surface area contributed by atoms with Gasteiger partial charge in [0, 0.05) is 19.8 Å². The van der Waals surface area contributed by atoms with Crippen molar-refractivity contribution >= 4 is 28.9 Å². The summed E-state index contributed by atoms with van der Waals surface area (Å²) in [5.41, 5.74) is 3.03. The van der Waals surface area contributed by atoms with E-state index in [4.69, 9.17) is 0 Å². The van der Waals surface area contributed by atoms with Crippen LogP contribution >= 0.6 is 0 Å². The third-order valence-corrected chi connectivity index (χ3v) is 3.37. The molecule has 6 heteroatoms. The van der Waals surface area contributed by atoms with Crippen molar-refractivity contribution in [3.8, 4) is 0 Å². The number of anilines is 1. The van der Waals surface area contributed by atoms with Crippen LogP contribution in [0.4, 0.5) is 17.1 Å². The first-order chi connectivity index (χ1) is 10.5.